The maximum atomic E-state index is 11.9. The fraction of sp³-hybridized carbons (Fsp3) is 0.875. The van der Waals surface area contributed by atoms with Crippen molar-refractivity contribution in [1.82, 2.24) is 4.90 Å². The Labute approximate surface area is 184 Å². The second-order valence-electron chi connectivity index (χ2n) is 9.12. The van der Waals surface area contributed by atoms with E-state index >= 15 is 0 Å². The van der Waals surface area contributed by atoms with Crippen molar-refractivity contribution in [3.05, 3.63) is 10.2 Å². The van der Waals surface area contributed by atoms with Crippen LogP contribution >= 0.6 is 0 Å². The Morgan fingerprint density at radius 3 is 2.14 bits per heavy atom. The van der Waals surface area contributed by atoms with Crippen molar-refractivity contribution >= 4 is 24.3 Å². The molecule has 1 rings (SSSR count). The van der Waals surface area contributed by atoms with Crippen molar-refractivity contribution in [2.45, 2.75) is 105 Å². The molecule has 0 aromatic carbocycles. The first kappa shape index (κ1) is 27.0. The number of ether oxygens (including phenoxy) is 1. The standard InChI is InChI=1S/C12H20NO3.3C4H9.Sn/c1-4-10(14)9-8-13(3)7-6-11(9)16-12(15)5-2;3*1-3-4-2;/h1,4,9-11,14H,5-8H2,2-3H3;3*1,3-4H2,2H3;. The molecule has 0 aromatic rings. The van der Waals surface area contributed by atoms with E-state index in [0.717, 1.165) is 19.5 Å². The second kappa shape index (κ2) is 14.9. The van der Waals surface area contributed by atoms with Gasteiger partial charge >= 0.3 is 185 Å². The van der Waals surface area contributed by atoms with Gasteiger partial charge < -0.3 is 0 Å². The number of aliphatic hydroxyl groups excluding tert-OH is 1. The van der Waals surface area contributed by atoms with Crippen molar-refractivity contribution in [3.63, 3.8) is 0 Å². The van der Waals surface area contributed by atoms with Gasteiger partial charge in [-0.2, -0.15) is 0 Å². The topological polar surface area (TPSA) is 49.8 Å². The number of hydrogen-bond acceptors (Lipinski definition) is 4. The summed E-state index contributed by atoms with van der Waals surface area (Å²) in [5.74, 6) is -0.170. The zero-order chi connectivity index (χ0) is 21.7. The van der Waals surface area contributed by atoms with Gasteiger partial charge in [-0.3, -0.25) is 0 Å². The van der Waals surface area contributed by atoms with E-state index in [1.54, 1.807) is 0 Å². The molecule has 0 spiro atoms. The van der Waals surface area contributed by atoms with Gasteiger partial charge in [-0.25, -0.2) is 0 Å². The number of hydrogen-bond donors (Lipinski definition) is 1. The van der Waals surface area contributed by atoms with E-state index in [1.165, 1.54) is 51.8 Å². The maximum absolute atomic E-state index is 11.9. The van der Waals surface area contributed by atoms with Crippen molar-refractivity contribution in [3.8, 4) is 0 Å². The molecule has 3 unspecified atom stereocenters. The summed E-state index contributed by atoms with van der Waals surface area (Å²) in [6, 6.07) is 0. The first-order chi connectivity index (χ1) is 13.9. The van der Waals surface area contributed by atoms with Crippen LogP contribution in [-0.2, 0) is 9.53 Å². The molecule has 0 bridgehead atoms. The van der Waals surface area contributed by atoms with Crippen LogP contribution < -0.4 is 0 Å². The summed E-state index contributed by atoms with van der Waals surface area (Å²) in [4.78, 5) is 14.1. The number of aliphatic hydroxyl groups is 1. The number of unbranched alkanes of at least 4 members (excludes halogenated alkanes) is 3. The zero-order valence-corrected chi connectivity index (χ0v) is 22.6. The third-order valence-electron chi connectivity index (χ3n) is 6.54. The Morgan fingerprint density at radius 2 is 1.66 bits per heavy atom. The third kappa shape index (κ3) is 9.73. The van der Waals surface area contributed by atoms with E-state index in [2.05, 4.69) is 42.9 Å². The van der Waals surface area contributed by atoms with Gasteiger partial charge in [-0.1, -0.05) is 0 Å². The number of piperidine rings is 1. The Kier molecular flexibility index (Phi) is 13.8. The van der Waals surface area contributed by atoms with Gasteiger partial charge in [-0.05, 0) is 0 Å². The fourth-order valence-electron chi connectivity index (χ4n) is 4.51. The summed E-state index contributed by atoms with van der Waals surface area (Å²) in [6.45, 7) is 10.4. The zero-order valence-electron chi connectivity index (χ0n) is 19.8. The molecule has 5 heteroatoms. The Hall–Kier alpha value is -0.0713. The molecule has 0 radical (unpaired) electrons. The van der Waals surface area contributed by atoms with Gasteiger partial charge in [0.05, 0.1) is 0 Å². The number of carbonyl (C=O) groups is 1. The predicted molar refractivity (Wildman–Crippen MR) is 126 cm³/mol. The quantitative estimate of drug-likeness (QED) is 0.243. The second-order valence-corrected chi connectivity index (χ2v) is 22.1. The molecule has 1 saturated heterocycles. The fourth-order valence-corrected chi connectivity index (χ4v) is 18.9. The summed E-state index contributed by atoms with van der Waals surface area (Å²) in [5.41, 5.74) is 0. The monoisotopic (exact) mass is 517 g/mol. The number of nitrogens with zero attached hydrogens (tertiary/aromatic N) is 1. The van der Waals surface area contributed by atoms with Gasteiger partial charge in [0.25, 0.3) is 0 Å². The third-order valence-corrected chi connectivity index (χ3v) is 20.7. The Balaban J connectivity index is 2.97. The molecule has 0 amide bonds. The molecule has 0 aliphatic carbocycles. The number of likely N-dealkylation sites (tertiary alicyclic amines) is 1. The SMILES string of the molecule is CCC[CH2][Sn]([CH]=CC(O)C1CN(C)CCC1OC(=O)CC)([CH2]CCC)[CH2]CCC. The summed E-state index contributed by atoms with van der Waals surface area (Å²) in [7, 11) is 2.09. The van der Waals surface area contributed by atoms with Crippen LogP contribution in [0.4, 0.5) is 0 Å². The first-order valence-corrected chi connectivity index (χ1v) is 19.9. The molecule has 3 atom stereocenters. The van der Waals surface area contributed by atoms with Crippen LogP contribution in [0.5, 0.6) is 0 Å². The molecule has 0 saturated carbocycles. The number of carbonyl (C=O) groups excluding carboxylic acids is 1. The van der Waals surface area contributed by atoms with Crippen LogP contribution in [0.3, 0.4) is 0 Å². The van der Waals surface area contributed by atoms with E-state index in [0.29, 0.717) is 6.42 Å². The van der Waals surface area contributed by atoms with Crippen molar-refractivity contribution in [1.29, 1.82) is 0 Å². The minimum atomic E-state index is -2.40. The van der Waals surface area contributed by atoms with Crippen molar-refractivity contribution in [2.75, 3.05) is 20.1 Å². The predicted octanol–water partition coefficient (Wildman–Crippen LogP) is 5.57. The van der Waals surface area contributed by atoms with Crippen LogP contribution in [0, 0.1) is 5.92 Å². The van der Waals surface area contributed by atoms with Gasteiger partial charge in [-0.15, -0.1) is 0 Å². The number of esters is 1. The molecular formula is C24H47NO3Sn. The van der Waals surface area contributed by atoms with E-state index in [9.17, 15) is 9.90 Å². The molecule has 1 fully saturated rings. The summed E-state index contributed by atoms with van der Waals surface area (Å²) in [6.07, 6.45) is 10.4. The molecule has 1 N–H and O–H groups in total. The van der Waals surface area contributed by atoms with Gasteiger partial charge in [0, 0.05) is 0 Å². The first-order valence-electron chi connectivity index (χ1n) is 12.2. The van der Waals surface area contributed by atoms with Gasteiger partial charge in [0.2, 0.25) is 0 Å². The Bertz CT molecular complexity index is 461. The molecule has 1 heterocycles. The van der Waals surface area contributed by atoms with Crippen LogP contribution in [0.25, 0.3) is 0 Å². The van der Waals surface area contributed by atoms with Crippen LogP contribution in [0.1, 0.15) is 79.1 Å². The molecule has 0 aromatic heterocycles. The number of rotatable bonds is 14. The molecule has 29 heavy (non-hydrogen) atoms. The van der Waals surface area contributed by atoms with Gasteiger partial charge in [0.15, 0.2) is 0 Å². The molecule has 1 aliphatic rings. The van der Waals surface area contributed by atoms with Gasteiger partial charge in [0.1, 0.15) is 0 Å². The summed E-state index contributed by atoms with van der Waals surface area (Å²) < 4.78 is 12.5. The van der Waals surface area contributed by atoms with E-state index in [4.69, 9.17) is 4.74 Å². The molecule has 4 nitrogen and oxygen atoms in total. The van der Waals surface area contributed by atoms with E-state index in [1.807, 2.05) is 6.92 Å². The molecule has 1 aliphatic heterocycles. The van der Waals surface area contributed by atoms with Crippen molar-refractivity contribution < 1.29 is 14.6 Å². The average Bonchev–Trinajstić information content (AvgIpc) is 2.73. The van der Waals surface area contributed by atoms with Crippen molar-refractivity contribution in [2.24, 2.45) is 5.92 Å². The normalized spacial score (nSPS) is 22.1. The minimum absolute atomic E-state index is 0.0204. The van der Waals surface area contributed by atoms with Crippen LogP contribution in [-0.4, -0.2) is 66.7 Å². The summed E-state index contributed by atoms with van der Waals surface area (Å²) >= 11 is -2.40. The van der Waals surface area contributed by atoms with Crippen LogP contribution in [0.15, 0.2) is 10.2 Å². The van der Waals surface area contributed by atoms with Crippen LogP contribution in [0.2, 0.25) is 13.3 Å². The molecule has 170 valence electrons. The summed E-state index contributed by atoms with van der Waals surface area (Å²) in [5, 5.41) is 11.1. The van der Waals surface area contributed by atoms with E-state index in [-0.39, 0.29) is 18.0 Å². The molecular weight excluding hydrogens is 469 g/mol. The Morgan fingerprint density at radius 1 is 1.10 bits per heavy atom. The van der Waals surface area contributed by atoms with E-state index < -0.39 is 24.5 Å². The average molecular weight is 516 g/mol.